The third kappa shape index (κ3) is 7.30. The molecule has 5 nitrogen and oxygen atoms in total. The molecule has 0 amide bonds. The number of aromatic nitrogens is 3. The highest BCUT2D eigenvalue weighted by atomic mass is 19.3. The van der Waals surface area contributed by atoms with Crippen molar-refractivity contribution in [3.05, 3.63) is 145 Å². The standard InChI is InChI=1S/C48H41F4N3O2/c1-3-4-15-30(2)28-55-40-25-24-33(45(56)36-22-13-14-23-41(36)57-29-48(51,52)47(49)50)26-37(40)38-27-39(34-20-11-12-21-35(34)44(38)55)46-53-42(31-16-7-5-8-17-31)43(54-46)32-18-9-6-10-19-32/h5-14,16-27,30,47H,3-4,15,28-29H2,1-2H3,(H,53,54). The summed E-state index contributed by atoms with van der Waals surface area (Å²) in [5.41, 5.74) is 6.89. The van der Waals surface area contributed by atoms with E-state index in [2.05, 4.69) is 53.7 Å². The molecule has 0 radical (unpaired) electrons. The third-order valence-corrected chi connectivity index (χ3v) is 10.6. The maximum Gasteiger partial charge on any atom is 0.340 e. The number of ketones is 1. The van der Waals surface area contributed by atoms with Crippen LogP contribution in [0.15, 0.2) is 133 Å². The molecule has 2 aromatic heterocycles. The summed E-state index contributed by atoms with van der Waals surface area (Å²) in [6.07, 6.45) is -0.637. The average Bonchev–Trinajstić information content (AvgIpc) is 3.82. The number of hydrogen-bond donors (Lipinski definition) is 1. The van der Waals surface area contributed by atoms with E-state index in [1.807, 2.05) is 72.8 Å². The van der Waals surface area contributed by atoms with Crippen LogP contribution < -0.4 is 4.74 Å². The molecule has 0 aliphatic carbocycles. The molecular formula is C48H41F4N3O2. The minimum absolute atomic E-state index is 0.00227. The first-order valence-electron chi connectivity index (χ1n) is 19.3. The normalized spacial score (nSPS) is 12.5. The van der Waals surface area contributed by atoms with Crippen molar-refractivity contribution in [2.45, 2.75) is 52.0 Å². The topological polar surface area (TPSA) is 59.9 Å². The number of benzene rings is 6. The van der Waals surface area contributed by atoms with E-state index in [4.69, 9.17) is 9.72 Å². The first kappa shape index (κ1) is 37.7. The molecule has 0 saturated heterocycles. The Bertz CT molecular complexity index is 2650. The average molecular weight is 768 g/mol. The molecule has 1 unspecified atom stereocenters. The summed E-state index contributed by atoms with van der Waals surface area (Å²) >= 11 is 0. The molecule has 0 saturated carbocycles. The Balaban J connectivity index is 1.33. The van der Waals surface area contributed by atoms with Gasteiger partial charge in [0.05, 0.1) is 22.5 Å². The molecule has 8 rings (SSSR count). The maximum atomic E-state index is 14.2. The van der Waals surface area contributed by atoms with Crippen LogP contribution in [0.5, 0.6) is 5.75 Å². The zero-order chi connectivity index (χ0) is 39.7. The van der Waals surface area contributed by atoms with Gasteiger partial charge < -0.3 is 14.3 Å². The molecular weight excluding hydrogens is 727 g/mol. The highest BCUT2D eigenvalue weighted by molar-refractivity contribution is 6.22. The summed E-state index contributed by atoms with van der Waals surface area (Å²) in [7, 11) is 0. The highest BCUT2D eigenvalue weighted by Gasteiger charge is 2.42. The van der Waals surface area contributed by atoms with E-state index in [0.29, 0.717) is 17.3 Å². The zero-order valence-electron chi connectivity index (χ0n) is 31.6. The minimum atomic E-state index is -4.37. The number of aromatic amines is 1. The molecule has 2 heterocycles. The summed E-state index contributed by atoms with van der Waals surface area (Å²) < 4.78 is 61.2. The Labute approximate surface area is 328 Å². The van der Waals surface area contributed by atoms with Crippen molar-refractivity contribution in [1.82, 2.24) is 14.5 Å². The predicted molar refractivity (Wildman–Crippen MR) is 220 cm³/mol. The second-order valence-corrected chi connectivity index (χ2v) is 14.7. The van der Waals surface area contributed by atoms with Crippen LogP contribution in [-0.2, 0) is 6.54 Å². The second-order valence-electron chi connectivity index (χ2n) is 14.7. The van der Waals surface area contributed by atoms with Crippen molar-refractivity contribution < 1.29 is 27.1 Å². The van der Waals surface area contributed by atoms with Crippen LogP contribution in [0.3, 0.4) is 0 Å². The highest BCUT2D eigenvalue weighted by Crippen LogP contribution is 2.42. The SMILES string of the molecule is CCCCC(C)Cn1c2ccc(C(=O)c3ccccc3OCC(F)(F)C(F)F)cc2c2cc(-c3nc(-c4ccccc4)c(-c4ccccc4)[nH]3)c3ccccc3c21. The first-order valence-corrected chi connectivity index (χ1v) is 19.3. The van der Waals surface area contributed by atoms with E-state index in [1.165, 1.54) is 18.2 Å². The zero-order valence-corrected chi connectivity index (χ0v) is 31.6. The maximum absolute atomic E-state index is 14.2. The van der Waals surface area contributed by atoms with Gasteiger partial charge in [0.25, 0.3) is 0 Å². The lowest BCUT2D eigenvalue weighted by Crippen LogP contribution is -2.34. The van der Waals surface area contributed by atoms with E-state index >= 15 is 0 Å². The third-order valence-electron chi connectivity index (χ3n) is 10.6. The van der Waals surface area contributed by atoms with Crippen molar-refractivity contribution in [3.8, 4) is 39.7 Å². The summed E-state index contributed by atoms with van der Waals surface area (Å²) in [6, 6.07) is 42.0. The smallest absolute Gasteiger partial charge is 0.340 e. The predicted octanol–water partition coefficient (Wildman–Crippen LogP) is 13.0. The number of H-pyrrole nitrogens is 1. The number of fused-ring (bicyclic) bond motifs is 5. The molecule has 57 heavy (non-hydrogen) atoms. The lowest BCUT2D eigenvalue weighted by atomic mass is 9.97. The van der Waals surface area contributed by atoms with Gasteiger partial charge in [0.15, 0.2) is 12.4 Å². The van der Waals surface area contributed by atoms with Gasteiger partial charge in [-0.2, -0.15) is 8.78 Å². The Kier molecular flexibility index (Phi) is 10.4. The summed E-state index contributed by atoms with van der Waals surface area (Å²) in [6.45, 7) is 3.64. The van der Waals surface area contributed by atoms with Crippen LogP contribution in [-0.4, -0.2) is 39.3 Å². The Morgan fingerprint density at radius 1 is 0.789 bits per heavy atom. The number of imidazole rings is 1. The number of carbonyl (C=O) groups excluding carboxylic acids is 1. The van der Waals surface area contributed by atoms with E-state index in [-0.39, 0.29) is 11.3 Å². The van der Waals surface area contributed by atoms with Crippen LogP contribution in [0.4, 0.5) is 17.6 Å². The van der Waals surface area contributed by atoms with Crippen LogP contribution in [0, 0.1) is 5.92 Å². The number of nitrogens with zero attached hydrogens (tertiary/aromatic N) is 2. The van der Waals surface area contributed by atoms with Gasteiger partial charge in [-0.15, -0.1) is 0 Å². The lowest BCUT2D eigenvalue weighted by molar-refractivity contribution is -0.148. The fourth-order valence-electron chi connectivity index (χ4n) is 7.74. The molecule has 0 aliphatic heterocycles. The number of carbonyl (C=O) groups is 1. The monoisotopic (exact) mass is 767 g/mol. The van der Waals surface area contributed by atoms with Crippen molar-refractivity contribution in [2.24, 2.45) is 5.92 Å². The van der Waals surface area contributed by atoms with Crippen LogP contribution in [0.2, 0.25) is 0 Å². The van der Waals surface area contributed by atoms with E-state index < -0.39 is 24.7 Å². The minimum Gasteiger partial charge on any atom is -0.486 e. The summed E-state index contributed by atoms with van der Waals surface area (Å²) in [5, 5.41) is 3.82. The summed E-state index contributed by atoms with van der Waals surface area (Å²) in [5.74, 6) is -3.97. The van der Waals surface area contributed by atoms with E-state index in [0.717, 1.165) is 86.5 Å². The number of rotatable bonds is 14. The van der Waals surface area contributed by atoms with Crippen molar-refractivity contribution >= 4 is 38.4 Å². The molecule has 8 aromatic rings. The van der Waals surface area contributed by atoms with Gasteiger partial charge in [-0.25, -0.2) is 13.8 Å². The lowest BCUT2D eigenvalue weighted by Gasteiger charge is -2.17. The molecule has 0 aliphatic rings. The Hall–Kier alpha value is -6.22. The van der Waals surface area contributed by atoms with Gasteiger partial charge >= 0.3 is 12.3 Å². The number of alkyl halides is 4. The van der Waals surface area contributed by atoms with Crippen LogP contribution in [0.25, 0.3) is 66.5 Å². The Morgan fingerprint density at radius 2 is 1.46 bits per heavy atom. The number of unbranched alkanes of at least 4 members (excludes halogenated alkanes) is 1. The fourth-order valence-corrected chi connectivity index (χ4v) is 7.74. The van der Waals surface area contributed by atoms with Crippen LogP contribution in [0.1, 0.15) is 49.0 Å². The fraction of sp³-hybridized carbons (Fsp3) is 0.208. The molecule has 288 valence electrons. The number of ether oxygens (including phenoxy) is 1. The Morgan fingerprint density at radius 3 is 2.18 bits per heavy atom. The van der Waals surface area contributed by atoms with Gasteiger partial charge in [0.1, 0.15) is 11.6 Å². The van der Waals surface area contributed by atoms with Gasteiger partial charge in [0, 0.05) is 50.5 Å². The molecule has 6 aromatic carbocycles. The van der Waals surface area contributed by atoms with Crippen molar-refractivity contribution in [1.29, 1.82) is 0 Å². The van der Waals surface area contributed by atoms with Crippen molar-refractivity contribution in [2.75, 3.05) is 6.61 Å². The van der Waals surface area contributed by atoms with E-state index in [1.54, 1.807) is 12.1 Å². The quantitative estimate of drug-likeness (QED) is 0.0885. The largest absolute Gasteiger partial charge is 0.486 e. The van der Waals surface area contributed by atoms with Gasteiger partial charge in [-0.05, 0) is 54.1 Å². The molecule has 1 N–H and O–H groups in total. The number of nitrogens with one attached hydrogen (secondary N) is 1. The second kappa shape index (κ2) is 15.7. The number of para-hydroxylation sites is 1. The molecule has 1 atom stereocenters. The molecule has 0 bridgehead atoms. The molecule has 0 spiro atoms. The van der Waals surface area contributed by atoms with Crippen LogP contribution >= 0.6 is 0 Å². The molecule has 9 heteroatoms. The van der Waals surface area contributed by atoms with Crippen molar-refractivity contribution in [3.63, 3.8) is 0 Å². The summed E-state index contributed by atoms with van der Waals surface area (Å²) in [4.78, 5) is 23.1. The van der Waals surface area contributed by atoms with E-state index in [9.17, 15) is 22.4 Å². The number of hydrogen-bond acceptors (Lipinski definition) is 3. The van der Waals surface area contributed by atoms with Gasteiger partial charge in [0.2, 0.25) is 0 Å². The van der Waals surface area contributed by atoms with Gasteiger partial charge in [-0.3, -0.25) is 4.79 Å². The first-order chi connectivity index (χ1) is 27.6. The number of halogens is 4. The molecule has 0 fully saturated rings. The van der Waals surface area contributed by atoms with Gasteiger partial charge in [-0.1, -0.05) is 124 Å².